The second-order valence-electron chi connectivity index (χ2n) is 5.93. The fourth-order valence-electron chi connectivity index (χ4n) is 3.19. The lowest BCUT2D eigenvalue weighted by Crippen LogP contribution is -2.47. The number of hydrogen-bond donors (Lipinski definition) is 1. The molecular weight excluding hydrogens is 214 g/mol. The lowest BCUT2D eigenvalue weighted by Gasteiger charge is -2.40. The highest BCUT2D eigenvalue weighted by atomic mass is 16.4. The molecule has 0 saturated carbocycles. The highest BCUT2D eigenvalue weighted by Gasteiger charge is 2.38. The van der Waals surface area contributed by atoms with Crippen LogP contribution in [-0.2, 0) is 4.79 Å². The zero-order valence-electron chi connectivity index (χ0n) is 11.7. The van der Waals surface area contributed by atoms with Gasteiger partial charge in [0, 0.05) is 19.6 Å². The summed E-state index contributed by atoms with van der Waals surface area (Å²) in [5, 5.41) is 9.46. The summed E-state index contributed by atoms with van der Waals surface area (Å²) < 4.78 is 0. The summed E-state index contributed by atoms with van der Waals surface area (Å²) in [6.45, 7) is 11.3. The number of nitrogens with zero attached hydrogens (tertiary/aromatic N) is 1. The first-order valence-electron chi connectivity index (χ1n) is 6.89. The average molecular weight is 241 g/mol. The van der Waals surface area contributed by atoms with Crippen molar-refractivity contribution in [3.63, 3.8) is 0 Å². The molecular formula is C14H27NO2. The molecule has 1 heterocycles. The van der Waals surface area contributed by atoms with Gasteiger partial charge in [0.05, 0.1) is 5.41 Å². The Morgan fingerprint density at radius 3 is 2.06 bits per heavy atom. The van der Waals surface area contributed by atoms with Gasteiger partial charge in [-0.15, -0.1) is 0 Å². The van der Waals surface area contributed by atoms with E-state index >= 15 is 0 Å². The highest BCUT2D eigenvalue weighted by molar-refractivity contribution is 5.74. The first-order valence-corrected chi connectivity index (χ1v) is 6.89. The fraction of sp³-hybridized carbons (Fsp3) is 0.929. The molecule has 0 amide bonds. The highest BCUT2D eigenvalue weighted by Crippen LogP contribution is 2.31. The van der Waals surface area contributed by atoms with Gasteiger partial charge in [-0.05, 0) is 31.1 Å². The smallest absolute Gasteiger partial charge is 0.310 e. The van der Waals surface area contributed by atoms with Crippen LogP contribution in [0.25, 0.3) is 0 Å². The van der Waals surface area contributed by atoms with E-state index in [0.29, 0.717) is 18.4 Å². The Labute approximate surface area is 105 Å². The van der Waals surface area contributed by atoms with Gasteiger partial charge in [-0.2, -0.15) is 0 Å². The van der Waals surface area contributed by atoms with Crippen molar-refractivity contribution in [2.45, 2.75) is 47.0 Å². The van der Waals surface area contributed by atoms with E-state index in [9.17, 15) is 9.90 Å². The predicted molar refractivity (Wildman–Crippen MR) is 70.0 cm³/mol. The first kappa shape index (κ1) is 14.5. The molecule has 0 spiro atoms. The Hall–Kier alpha value is -0.570. The van der Waals surface area contributed by atoms with Crippen LogP contribution in [0.4, 0.5) is 0 Å². The number of likely N-dealkylation sites (tertiary alicyclic amines) is 1. The van der Waals surface area contributed by atoms with Gasteiger partial charge in [0.1, 0.15) is 0 Å². The summed E-state index contributed by atoms with van der Waals surface area (Å²) in [5.41, 5.74) is -0.545. The van der Waals surface area contributed by atoms with Crippen LogP contribution in [0.5, 0.6) is 0 Å². The van der Waals surface area contributed by atoms with Crippen molar-refractivity contribution in [1.82, 2.24) is 4.90 Å². The topological polar surface area (TPSA) is 40.5 Å². The summed E-state index contributed by atoms with van der Waals surface area (Å²) in [6.07, 6.45) is 2.71. The van der Waals surface area contributed by atoms with E-state index in [-0.39, 0.29) is 0 Å². The van der Waals surface area contributed by atoms with E-state index in [1.54, 1.807) is 0 Å². The van der Waals surface area contributed by atoms with E-state index in [1.165, 1.54) is 6.42 Å². The summed E-state index contributed by atoms with van der Waals surface area (Å²) in [4.78, 5) is 13.9. The molecule has 0 aromatic carbocycles. The zero-order chi connectivity index (χ0) is 13.1. The minimum atomic E-state index is -0.631. The van der Waals surface area contributed by atoms with Crippen LogP contribution in [0, 0.1) is 17.3 Å². The molecule has 0 aliphatic carbocycles. The first-order chi connectivity index (χ1) is 7.93. The molecule has 17 heavy (non-hydrogen) atoms. The molecule has 3 nitrogen and oxygen atoms in total. The average Bonchev–Trinajstić information content (AvgIpc) is 2.24. The molecule has 1 saturated heterocycles. The third kappa shape index (κ3) is 3.44. The molecule has 2 unspecified atom stereocenters. The van der Waals surface area contributed by atoms with Crippen LogP contribution in [0.15, 0.2) is 0 Å². The maximum atomic E-state index is 11.5. The number of piperidine rings is 1. The van der Waals surface area contributed by atoms with Gasteiger partial charge in [-0.25, -0.2) is 0 Å². The maximum Gasteiger partial charge on any atom is 0.310 e. The molecule has 1 aliphatic heterocycles. The Kier molecular flexibility index (Phi) is 4.99. The van der Waals surface area contributed by atoms with Crippen molar-refractivity contribution in [3.05, 3.63) is 0 Å². The molecule has 100 valence electrons. The molecule has 2 atom stereocenters. The molecule has 1 rings (SSSR count). The minimum Gasteiger partial charge on any atom is -0.481 e. The Morgan fingerprint density at radius 2 is 1.71 bits per heavy atom. The summed E-state index contributed by atoms with van der Waals surface area (Å²) >= 11 is 0. The molecule has 0 aromatic heterocycles. The van der Waals surface area contributed by atoms with Gasteiger partial charge in [0.15, 0.2) is 0 Å². The van der Waals surface area contributed by atoms with E-state index in [2.05, 4.69) is 18.7 Å². The van der Waals surface area contributed by atoms with Gasteiger partial charge in [0.25, 0.3) is 0 Å². The van der Waals surface area contributed by atoms with Crippen molar-refractivity contribution in [2.75, 3.05) is 19.6 Å². The second kappa shape index (κ2) is 5.85. The van der Waals surface area contributed by atoms with E-state index in [4.69, 9.17) is 0 Å². The third-order valence-corrected chi connectivity index (χ3v) is 4.28. The summed E-state index contributed by atoms with van der Waals surface area (Å²) in [6, 6.07) is 0. The van der Waals surface area contributed by atoms with Gasteiger partial charge in [-0.1, -0.05) is 27.7 Å². The lowest BCUT2D eigenvalue weighted by atomic mass is 9.80. The zero-order valence-corrected chi connectivity index (χ0v) is 11.7. The number of carboxylic acids is 1. The molecule has 1 aliphatic rings. The molecule has 1 N–H and O–H groups in total. The van der Waals surface area contributed by atoms with Gasteiger partial charge in [0.2, 0.25) is 0 Å². The molecule has 0 bridgehead atoms. The van der Waals surface area contributed by atoms with Crippen LogP contribution in [-0.4, -0.2) is 35.6 Å². The van der Waals surface area contributed by atoms with Crippen LogP contribution in [0.2, 0.25) is 0 Å². The molecule has 0 radical (unpaired) electrons. The van der Waals surface area contributed by atoms with Crippen molar-refractivity contribution >= 4 is 5.97 Å². The number of carbonyl (C=O) groups is 1. The largest absolute Gasteiger partial charge is 0.481 e. The number of rotatable bonds is 5. The van der Waals surface area contributed by atoms with E-state index in [1.807, 2.05) is 13.8 Å². The van der Waals surface area contributed by atoms with E-state index in [0.717, 1.165) is 25.9 Å². The second-order valence-corrected chi connectivity index (χ2v) is 5.93. The lowest BCUT2D eigenvalue weighted by molar-refractivity contribution is -0.151. The standard InChI is InChI=1S/C14H27NO2/c1-5-14(6-2,13(16)17)10-15-8-11(3)7-12(4)9-15/h11-12H,5-10H2,1-4H3,(H,16,17). The third-order valence-electron chi connectivity index (χ3n) is 4.28. The van der Waals surface area contributed by atoms with E-state index < -0.39 is 11.4 Å². The Bertz CT molecular complexity index is 251. The Balaban J connectivity index is 2.70. The van der Waals surface area contributed by atoms with Gasteiger partial charge in [-0.3, -0.25) is 4.79 Å². The van der Waals surface area contributed by atoms with Crippen LogP contribution in [0.1, 0.15) is 47.0 Å². The summed E-state index contributed by atoms with van der Waals surface area (Å²) in [7, 11) is 0. The van der Waals surface area contributed by atoms with Crippen molar-refractivity contribution in [2.24, 2.45) is 17.3 Å². The van der Waals surface area contributed by atoms with Gasteiger partial charge < -0.3 is 10.0 Å². The molecule has 1 fully saturated rings. The van der Waals surface area contributed by atoms with Crippen LogP contribution in [0.3, 0.4) is 0 Å². The van der Waals surface area contributed by atoms with Gasteiger partial charge >= 0.3 is 5.97 Å². The fourth-order valence-corrected chi connectivity index (χ4v) is 3.19. The van der Waals surface area contributed by atoms with Crippen molar-refractivity contribution in [1.29, 1.82) is 0 Å². The molecule has 0 aromatic rings. The quantitative estimate of drug-likeness (QED) is 0.804. The minimum absolute atomic E-state index is 0.545. The Morgan fingerprint density at radius 1 is 1.24 bits per heavy atom. The maximum absolute atomic E-state index is 11.5. The van der Waals surface area contributed by atoms with Crippen LogP contribution < -0.4 is 0 Å². The monoisotopic (exact) mass is 241 g/mol. The normalized spacial score (nSPS) is 27.1. The SMILES string of the molecule is CCC(CC)(CN1CC(C)CC(C)C1)C(=O)O. The number of carboxylic acid groups (broad SMARTS) is 1. The van der Waals surface area contributed by atoms with Crippen molar-refractivity contribution in [3.8, 4) is 0 Å². The molecule has 3 heteroatoms. The summed E-state index contributed by atoms with van der Waals surface area (Å²) in [5.74, 6) is 0.756. The van der Waals surface area contributed by atoms with Crippen LogP contribution >= 0.6 is 0 Å². The number of aliphatic carboxylic acids is 1. The number of hydrogen-bond acceptors (Lipinski definition) is 2. The predicted octanol–water partition coefficient (Wildman–Crippen LogP) is 2.86. The van der Waals surface area contributed by atoms with Crippen molar-refractivity contribution < 1.29 is 9.90 Å².